The molecule has 0 N–H and O–H groups in total. The molecule has 0 atom stereocenters. The normalized spacial score (nSPS) is 11.0. The van der Waals surface area contributed by atoms with Gasteiger partial charge in [0.2, 0.25) is 0 Å². The monoisotopic (exact) mass is 312 g/mol. The van der Waals surface area contributed by atoms with Gasteiger partial charge >= 0.3 is 11.7 Å². The van der Waals surface area contributed by atoms with E-state index in [4.69, 9.17) is 15.0 Å². The molecule has 1 rings (SSSR count). The minimum absolute atomic E-state index is 0.107. The maximum atomic E-state index is 11.5. The molecule has 0 saturated carbocycles. The second-order valence-electron chi connectivity index (χ2n) is 5.50. The number of tetrazole rings is 1. The summed E-state index contributed by atoms with van der Waals surface area (Å²) in [5.74, 6) is -0.913. The van der Waals surface area contributed by atoms with Gasteiger partial charge in [0.25, 0.3) is 5.82 Å². The van der Waals surface area contributed by atoms with Crippen LogP contribution in [0.15, 0.2) is 0 Å². The Bertz CT molecular complexity index is 532. The fraction of sp³-hybridized carbons (Fsp3) is 0.727. The van der Waals surface area contributed by atoms with Crippen LogP contribution < -0.4 is 0 Å². The van der Waals surface area contributed by atoms with Crippen LogP contribution in [0.4, 0.5) is 0 Å². The number of hydrogen-bond donors (Lipinski definition) is 0. The van der Waals surface area contributed by atoms with E-state index in [1.165, 1.54) is 4.80 Å². The molecule has 0 fully saturated rings. The number of rotatable bonds is 8. The number of nitrogens with zero attached hydrogens (tertiary/aromatic N) is 6. The maximum Gasteiger partial charge on any atom is 0.446 e. The van der Waals surface area contributed by atoms with E-state index in [1.54, 1.807) is 6.92 Å². The van der Waals surface area contributed by atoms with E-state index in [0.717, 1.165) is 6.04 Å². The summed E-state index contributed by atoms with van der Waals surface area (Å²) in [6.45, 7) is 9.31. The quantitative estimate of drug-likeness (QED) is 0.173. The van der Waals surface area contributed by atoms with Crippen LogP contribution in [0, 0.1) is 0 Å². The summed E-state index contributed by atoms with van der Waals surface area (Å²) < 4.78 is 10.2. The van der Waals surface area contributed by atoms with Gasteiger partial charge in [0.1, 0.15) is 0 Å². The number of esters is 1. The molecule has 1 aromatic heterocycles. The maximum absolute atomic E-state index is 11.5. The van der Waals surface area contributed by atoms with Crippen LogP contribution in [0.2, 0.25) is 25.7 Å². The van der Waals surface area contributed by atoms with E-state index in [1.807, 2.05) is 0 Å². The third-order valence-electron chi connectivity index (χ3n) is 2.44. The summed E-state index contributed by atoms with van der Waals surface area (Å²) in [5.41, 5.74) is 8.45. The summed E-state index contributed by atoms with van der Waals surface area (Å²) >= 11 is 0. The molecular weight excluding hydrogens is 292 g/mol. The van der Waals surface area contributed by atoms with E-state index in [-0.39, 0.29) is 24.9 Å². The molecule has 10 heteroatoms. The van der Waals surface area contributed by atoms with E-state index >= 15 is 0 Å². The lowest BCUT2D eigenvalue weighted by Gasteiger charge is -2.14. The van der Waals surface area contributed by atoms with Gasteiger partial charge in [0, 0.05) is 14.7 Å². The van der Waals surface area contributed by atoms with Gasteiger partial charge in [-0.05, 0) is 18.2 Å². The summed E-state index contributed by atoms with van der Waals surface area (Å²) in [4.78, 5) is 15.5. The molecule has 0 bridgehead atoms. The van der Waals surface area contributed by atoms with Crippen molar-refractivity contribution in [3.05, 3.63) is 11.4 Å². The van der Waals surface area contributed by atoms with E-state index in [2.05, 4.69) is 39.8 Å². The highest BCUT2D eigenvalue weighted by atomic mass is 28.3. The van der Waals surface area contributed by atoms with Crippen LogP contribution in [0.25, 0.3) is 5.53 Å². The van der Waals surface area contributed by atoms with Crippen LogP contribution in [0.1, 0.15) is 12.7 Å². The summed E-state index contributed by atoms with van der Waals surface area (Å²) in [6, 6.07) is 1.03. The van der Waals surface area contributed by atoms with Gasteiger partial charge in [-0.2, -0.15) is 4.79 Å². The van der Waals surface area contributed by atoms with Crippen molar-refractivity contribution < 1.29 is 19.1 Å². The molecule has 0 unspecified atom stereocenters. The van der Waals surface area contributed by atoms with Crippen molar-refractivity contribution in [1.82, 2.24) is 20.2 Å². The topological polar surface area (TPSA) is 116 Å². The first-order chi connectivity index (χ1) is 9.87. The van der Waals surface area contributed by atoms with Gasteiger partial charge in [0.05, 0.1) is 6.61 Å². The minimum atomic E-state index is -1.14. The molecule has 1 aromatic rings. The standard InChI is InChI=1S/C11H20N6O3Si/c1-5-20-11(18)9(13-12)10-14-16-17(15-10)8-19-6-7-21(2,3)4/h5-8H2,1-4H3. The first kappa shape index (κ1) is 17.1. The van der Waals surface area contributed by atoms with Gasteiger partial charge in [-0.1, -0.05) is 24.7 Å². The van der Waals surface area contributed by atoms with Crippen LogP contribution in [0.5, 0.6) is 0 Å². The molecule has 0 aliphatic carbocycles. The van der Waals surface area contributed by atoms with Gasteiger partial charge in [-0.3, -0.25) is 0 Å². The molecule has 0 amide bonds. The Morgan fingerprint density at radius 3 is 2.71 bits per heavy atom. The van der Waals surface area contributed by atoms with Crippen molar-refractivity contribution in [2.24, 2.45) is 0 Å². The highest BCUT2D eigenvalue weighted by Crippen LogP contribution is 2.07. The predicted molar refractivity (Wildman–Crippen MR) is 76.3 cm³/mol. The summed E-state index contributed by atoms with van der Waals surface area (Å²) in [5, 5.41) is 11.3. The minimum Gasteiger partial charge on any atom is -0.457 e. The van der Waals surface area contributed by atoms with Gasteiger partial charge in [-0.15, -0.1) is 9.90 Å². The van der Waals surface area contributed by atoms with Crippen molar-refractivity contribution in [1.29, 1.82) is 0 Å². The molecule has 0 aliphatic heterocycles. The number of aromatic nitrogens is 4. The van der Waals surface area contributed by atoms with Crippen LogP contribution in [-0.4, -0.2) is 58.0 Å². The third kappa shape index (κ3) is 5.94. The molecule has 0 aromatic carbocycles. The average Bonchev–Trinajstić information content (AvgIpc) is 2.83. The molecule has 0 radical (unpaired) electrons. The Kier molecular flexibility index (Phi) is 6.34. The average molecular weight is 312 g/mol. The molecule has 0 saturated heterocycles. The van der Waals surface area contributed by atoms with Gasteiger partial charge in [-0.25, -0.2) is 4.79 Å². The van der Waals surface area contributed by atoms with Gasteiger partial charge < -0.3 is 15.0 Å². The summed E-state index contributed by atoms with van der Waals surface area (Å²) in [7, 11) is -1.14. The third-order valence-corrected chi connectivity index (χ3v) is 4.14. The van der Waals surface area contributed by atoms with E-state index in [9.17, 15) is 4.79 Å². The van der Waals surface area contributed by atoms with Crippen molar-refractivity contribution in [3.8, 4) is 0 Å². The zero-order valence-corrected chi connectivity index (χ0v) is 13.7. The van der Waals surface area contributed by atoms with Crippen LogP contribution in [-0.2, 0) is 21.0 Å². The molecule has 116 valence electrons. The lowest BCUT2D eigenvalue weighted by Crippen LogP contribution is -2.22. The fourth-order valence-corrected chi connectivity index (χ4v) is 2.05. The van der Waals surface area contributed by atoms with Crippen molar-refractivity contribution in [2.45, 2.75) is 39.3 Å². The van der Waals surface area contributed by atoms with Gasteiger partial charge in [0.15, 0.2) is 6.73 Å². The Morgan fingerprint density at radius 1 is 1.43 bits per heavy atom. The van der Waals surface area contributed by atoms with Crippen LogP contribution >= 0.6 is 0 Å². The Balaban J connectivity index is 2.56. The lowest BCUT2D eigenvalue weighted by atomic mass is 10.4. The Labute approximate surface area is 123 Å². The highest BCUT2D eigenvalue weighted by Gasteiger charge is 2.29. The number of hydrogen-bond acceptors (Lipinski definition) is 6. The molecule has 0 spiro atoms. The Morgan fingerprint density at radius 2 is 2.14 bits per heavy atom. The molecular formula is C11H20N6O3Si. The second kappa shape index (κ2) is 7.77. The van der Waals surface area contributed by atoms with Crippen molar-refractivity contribution in [2.75, 3.05) is 13.2 Å². The second-order valence-corrected chi connectivity index (χ2v) is 11.1. The number of carbonyl (C=O) groups excluding carboxylic acids is 1. The first-order valence-corrected chi connectivity index (χ1v) is 10.3. The molecule has 0 aliphatic rings. The predicted octanol–water partition coefficient (Wildman–Crippen LogP) is 0.567. The van der Waals surface area contributed by atoms with Crippen molar-refractivity contribution in [3.63, 3.8) is 0 Å². The summed E-state index contributed by atoms with van der Waals surface area (Å²) in [6.07, 6.45) is 0. The SMILES string of the molecule is CCOC(=O)C(=[N+]=[N-])c1nnn(COCC[Si](C)(C)C)n1. The highest BCUT2D eigenvalue weighted by molar-refractivity contribution is 6.76. The largest absolute Gasteiger partial charge is 0.457 e. The first-order valence-electron chi connectivity index (χ1n) is 6.62. The Hall–Kier alpha value is -1.90. The lowest BCUT2D eigenvalue weighted by molar-refractivity contribution is -0.139. The fourth-order valence-electron chi connectivity index (χ4n) is 1.29. The smallest absolute Gasteiger partial charge is 0.446 e. The van der Waals surface area contributed by atoms with Crippen molar-refractivity contribution >= 4 is 19.8 Å². The molecule has 9 nitrogen and oxygen atoms in total. The number of ether oxygens (including phenoxy) is 2. The zero-order valence-electron chi connectivity index (χ0n) is 12.7. The number of carbonyl (C=O) groups is 1. The van der Waals surface area contributed by atoms with E-state index in [0.29, 0.717) is 6.61 Å². The van der Waals surface area contributed by atoms with Crippen LogP contribution in [0.3, 0.4) is 0 Å². The zero-order chi connectivity index (χ0) is 15.9. The van der Waals surface area contributed by atoms with E-state index < -0.39 is 14.0 Å². The molecule has 1 heterocycles. The molecule has 21 heavy (non-hydrogen) atoms.